The Balaban J connectivity index is 1.88. The van der Waals surface area contributed by atoms with Crippen molar-refractivity contribution in [3.63, 3.8) is 0 Å². The van der Waals surface area contributed by atoms with Crippen molar-refractivity contribution >= 4 is 5.91 Å². The Morgan fingerprint density at radius 2 is 2.00 bits per heavy atom. The third-order valence-corrected chi connectivity index (χ3v) is 4.59. The van der Waals surface area contributed by atoms with E-state index in [0.717, 1.165) is 32.5 Å². The van der Waals surface area contributed by atoms with Gasteiger partial charge in [-0.2, -0.15) is 0 Å². The van der Waals surface area contributed by atoms with Gasteiger partial charge in [0.1, 0.15) is 6.10 Å². The SMILES string of the molecule is CC(C)N(C)C(=O)[C@@H]1CCC2(CCNCC2)CO1. The maximum absolute atomic E-state index is 12.2. The lowest BCUT2D eigenvalue weighted by Crippen LogP contribution is -2.49. The highest BCUT2D eigenvalue weighted by Crippen LogP contribution is 2.39. The summed E-state index contributed by atoms with van der Waals surface area (Å²) in [6.45, 7) is 7.02. The minimum atomic E-state index is -0.210. The average molecular weight is 254 g/mol. The molecule has 1 amide bonds. The van der Waals surface area contributed by atoms with Crippen LogP contribution in [0.5, 0.6) is 0 Å². The second kappa shape index (κ2) is 5.57. The van der Waals surface area contributed by atoms with Gasteiger partial charge in [0.2, 0.25) is 0 Å². The van der Waals surface area contributed by atoms with E-state index in [1.807, 2.05) is 20.9 Å². The molecule has 18 heavy (non-hydrogen) atoms. The second-order valence-electron chi connectivity index (χ2n) is 6.13. The molecule has 1 spiro atoms. The molecule has 0 aliphatic carbocycles. The van der Waals surface area contributed by atoms with Crippen LogP contribution in [0.4, 0.5) is 0 Å². The van der Waals surface area contributed by atoms with Crippen LogP contribution in [-0.4, -0.2) is 49.7 Å². The number of carbonyl (C=O) groups excluding carboxylic acids is 1. The molecule has 0 saturated carbocycles. The molecule has 4 heteroatoms. The van der Waals surface area contributed by atoms with Crippen molar-refractivity contribution < 1.29 is 9.53 Å². The summed E-state index contributed by atoms with van der Waals surface area (Å²) in [5, 5.41) is 3.39. The standard InChI is InChI=1S/C14H26N2O2/c1-11(2)16(3)13(17)12-4-5-14(10-18-12)6-8-15-9-7-14/h11-12,15H,4-10H2,1-3H3/t12-/m0/s1. The second-order valence-corrected chi connectivity index (χ2v) is 6.13. The lowest BCUT2D eigenvalue weighted by atomic mass is 9.74. The zero-order valence-electron chi connectivity index (χ0n) is 11.9. The quantitative estimate of drug-likeness (QED) is 0.810. The molecule has 2 aliphatic heterocycles. The number of piperidine rings is 1. The number of nitrogens with one attached hydrogen (secondary N) is 1. The van der Waals surface area contributed by atoms with E-state index in [1.165, 1.54) is 12.8 Å². The van der Waals surface area contributed by atoms with Crippen LogP contribution in [0.15, 0.2) is 0 Å². The van der Waals surface area contributed by atoms with Crippen LogP contribution < -0.4 is 5.32 Å². The molecule has 0 radical (unpaired) electrons. The van der Waals surface area contributed by atoms with E-state index in [0.29, 0.717) is 5.41 Å². The van der Waals surface area contributed by atoms with E-state index in [2.05, 4.69) is 5.32 Å². The van der Waals surface area contributed by atoms with Crippen molar-refractivity contribution in [1.29, 1.82) is 0 Å². The zero-order chi connectivity index (χ0) is 13.2. The van der Waals surface area contributed by atoms with E-state index in [4.69, 9.17) is 4.74 Å². The molecule has 104 valence electrons. The number of carbonyl (C=O) groups is 1. The zero-order valence-corrected chi connectivity index (χ0v) is 11.9. The minimum Gasteiger partial charge on any atom is -0.368 e. The predicted octanol–water partition coefficient (Wildman–Crippen LogP) is 1.40. The van der Waals surface area contributed by atoms with Crippen LogP contribution in [0.1, 0.15) is 39.5 Å². The Hall–Kier alpha value is -0.610. The van der Waals surface area contributed by atoms with E-state index in [9.17, 15) is 4.79 Å². The maximum atomic E-state index is 12.2. The Labute approximate surface area is 110 Å². The Morgan fingerprint density at radius 1 is 1.33 bits per heavy atom. The lowest BCUT2D eigenvalue weighted by Gasteiger charge is -2.43. The molecule has 2 fully saturated rings. The summed E-state index contributed by atoms with van der Waals surface area (Å²) >= 11 is 0. The van der Waals surface area contributed by atoms with Gasteiger partial charge in [-0.3, -0.25) is 4.79 Å². The Morgan fingerprint density at radius 3 is 2.50 bits per heavy atom. The largest absolute Gasteiger partial charge is 0.368 e. The number of likely N-dealkylation sites (N-methyl/N-ethyl adjacent to an activating group) is 1. The average Bonchev–Trinajstić information content (AvgIpc) is 2.39. The van der Waals surface area contributed by atoms with Crippen LogP contribution >= 0.6 is 0 Å². The monoisotopic (exact) mass is 254 g/mol. The number of rotatable bonds is 2. The third kappa shape index (κ3) is 2.86. The van der Waals surface area contributed by atoms with Gasteiger partial charge in [0, 0.05) is 13.1 Å². The molecule has 0 aromatic rings. The fourth-order valence-corrected chi connectivity index (χ4v) is 2.90. The molecule has 4 nitrogen and oxygen atoms in total. The van der Waals surface area contributed by atoms with E-state index in [1.54, 1.807) is 4.90 Å². The topological polar surface area (TPSA) is 41.6 Å². The van der Waals surface area contributed by atoms with Gasteiger partial charge in [-0.1, -0.05) is 0 Å². The number of amides is 1. The summed E-state index contributed by atoms with van der Waals surface area (Å²) in [6.07, 6.45) is 4.19. The van der Waals surface area contributed by atoms with Crippen LogP contribution in [-0.2, 0) is 9.53 Å². The molecule has 2 saturated heterocycles. The molecule has 1 N–H and O–H groups in total. The molecule has 0 bridgehead atoms. The molecule has 2 heterocycles. The van der Waals surface area contributed by atoms with E-state index in [-0.39, 0.29) is 18.1 Å². The van der Waals surface area contributed by atoms with Crippen molar-refractivity contribution in [2.45, 2.75) is 51.7 Å². The lowest BCUT2D eigenvalue weighted by molar-refractivity contribution is -0.154. The molecule has 0 unspecified atom stereocenters. The first-order chi connectivity index (χ1) is 8.54. The number of hydrogen-bond acceptors (Lipinski definition) is 3. The Kier molecular flexibility index (Phi) is 4.28. The highest BCUT2D eigenvalue weighted by atomic mass is 16.5. The van der Waals surface area contributed by atoms with Crippen molar-refractivity contribution in [1.82, 2.24) is 10.2 Å². The fraction of sp³-hybridized carbons (Fsp3) is 0.929. The summed E-state index contributed by atoms with van der Waals surface area (Å²) in [5.41, 5.74) is 0.346. The van der Waals surface area contributed by atoms with Crippen LogP contribution in [0.3, 0.4) is 0 Å². The van der Waals surface area contributed by atoms with Crippen LogP contribution in [0.2, 0.25) is 0 Å². The summed E-state index contributed by atoms with van der Waals surface area (Å²) in [7, 11) is 1.87. The van der Waals surface area contributed by atoms with E-state index < -0.39 is 0 Å². The highest BCUT2D eigenvalue weighted by Gasteiger charge is 2.39. The number of hydrogen-bond donors (Lipinski definition) is 1. The molecule has 0 aromatic carbocycles. The number of nitrogens with zero attached hydrogens (tertiary/aromatic N) is 1. The smallest absolute Gasteiger partial charge is 0.251 e. The van der Waals surface area contributed by atoms with E-state index >= 15 is 0 Å². The molecule has 1 atom stereocenters. The van der Waals surface area contributed by atoms with Gasteiger partial charge in [0.05, 0.1) is 6.61 Å². The van der Waals surface area contributed by atoms with Crippen molar-refractivity contribution in [2.75, 3.05) is 26.7 Å². The molecule has 0 aromatic heterocycles. The van der Waals surface area contributed by atoms with Gasteiger partial charge in [0.25, 0.3) is 5.91 Å². The molecule has 2 aliphatic rings. The third-order valence-electron chi connectivity index (χ3n) is 4.59. The summed E-state index contributed by atoms with van der Waals surface area (Å²) in [5.74, 6) is 0.147. The van der Waals surface area contributed by atoms with Crippen molar-refractivity contribution in [3.8, 4) is 0 Å². The summed E-state index contributed by atoms with van der Waals surface area (Å²) in [4.78, 5) is 14.0. The Bertz CT molecular complexity index is 288. The first-order valence-electron chi connectivity index (χ1n) is 7.13. The van der Waals surface area contributed by atoms with Crippen LogP contribution in [0, 0.1) is 5.41 Å². The van der Waals surface area contributed by atoms with Crippen LogP contribution in [0.25, 0.3) is 0 Å². The maximum Gasteiger partial charge on any atom is 0.251 e. The fourth-order valence-electron chi connectivity index (χ4n) is 2.90. The van der Waals surface area contributed by atoms with Gasteiger partial charge in [-0.15, -0.1) is 0 Å². The minimum absolute atomic E-state index is 0.147. The van der Waals surface area contributed by atoms with Gasteiger partial charge in [-0.05, 0) is 58.0 Å². The summed E-state index contributed by atoms with van der Waals surface area (Å²) < 4.78 is 5.89. The first-order valence-corrected chi connectivity index (χ1v) is 7.13. The normalized spacial score (nSPS) is 27.4. The highest BCUT2D eigenvalue weighted by molar-refractivity contribution is 5.81. The van der Waals surface area contributed by atoms with Crippen molar-refractivity contribution in [2.24, 2.45) is 5.41 Å². The summed E-state index contributed by atoms with van der Waals surface area (Å²) in [6, 6.07) is 0.246. The molecule has 2 rings (SSSR count). The van der Waals surface area contributed by atoms with Gasteiger partial charge < -0.3 is 15.0 Å². The molecular weight excluding hydrogens is 228 g/mol. The van der Waals surface area contributed by atoms with Gasteiger partial charge in [-0.25, -0.2) is 0 Å². The van der Waals surface area contributed by atoms with Gasteiger partial charge >= 0.3 is 0 Å². The number of ether oxygens (including phenoxy) is 1. The molecular formula is C14H26N2O2. The van der Waals surface area contributed by atoms with Gasteiger partial charge in [0.15, 0.2) is 0 Å². The van der Waals surface area contributed by atoms with Crippen molar-refractivity contribution in [3.05, 3.63) is 0 Å². The predicted molar refractivity (Wildman–Crippen MR) is 71.4 cm³/mol. The first kappa shape index (κ1) is 13.8.